The number of phenolic OH excluding ortho intramolecular Hbond substituents is 1. The predicted octanol–water partition coefficient (Wildman–Crippen LogP) is 3.81. The molecule has 5 rings (SSSR count). The zero-order chi connectivity index (χ0) is 24.1. The van der Waals surface area contributed by atoms with Crippen molar-refractivity contribution < 1.29 is 28.6 Å². The number of carbonyl (C=O) groups excluding carboxylic acids is 2. The first-order valence-electron chi connectivity index (χ1n) is 10.2. The highest BCUT2D eigenvalue weighted by Crippen LogP contribution is 2.44. The van der Waals surface area contributed by atoms with E-state index in [-0.39, 0.29) is 43.8 Å². The Labute approximate surface area is 196 Å². The Hall–Kier alpha value is -4.18. The molecule has 1 amide bonds. The molecule has 0 bridgehead atoms. The van der Waals surface area contributed by atoms with Crippen molar-refractivity contribution in [2.24, 2.45) is 0 Å². The number of phenols is 1. The smallest absolute Gasteiger partial charge is 0.350 e. The van der Waals surface area contributed by atoms with E-state index in [0.717, 1.165) is 11.3 Å². The first-order chi connectivity index (χ1) is 16.3. The number of para-hydroxylation sites is 1. The molecule has 1 aliphatic rings. The van der Waals surface area contributed by atoms with Gasteiger partial charge in [0.25, 0.3) is 5.91 Å². The Morgan fingerprint density at radius 3 is 2.68 bits per heavy atom. The van der Waals surface area contributed by atoms with Gasteiger partial charge in [0, 0.05) is 0 Å². The van der Waals surface area contributed by atoms with E-state index in [2.05, 4.69) is 4.98 Å². The number of ether oxygens (including phenoxy) is 2. The lowest BCUT2D eigenvalue weighted by atomic mass is 9.98. The van der Waals surface area contributed by atoms with Crippen LogP contribution >= 0.6 is 11.3 Å². The second kappa shape index (κ2) is 7.99. The average molecular weight is 478 g/mol. The van der Waals surface area contributed by atoms with E-state index in [1.165, 1.54) is 25.2 Å². The van der Waals surface area contributed by atoms with Crippen LogP contribution < -0.4 is 15.1 Å². The van der Waals surface area contributed by atoms with Crippen LogP contribution in [-0.2, 0) is 4.74 Å². The number of esters is 1. The van der Waals surface area contributed by atoms with E-state index in [1.54, 1.807) is 43.3 Å². The Morgan fingerprint density at radius 1 is 1.18 bits per heavy atom. The van der Waals surface area contributed by atoms with Crippen molar-refractivity contribution in [3.8, 4) is 11.5 Å². The predicted molar refractivity (Wildman–Crippen MR) is 124 cm³/mol. The number of anilines is 1. The zero-order valence-electron chi connectivity index (χ0n) is 18.3. The summed E-state index contributed by atoms with van der Waals surface area (Å²) in [7, 11) is 2.66. The van der Waals surface area contributed by atoms with Gasteiger partial charge < -0.3 is 19.0 Å². The summed E-state index contributed by atoms with van der Waals surface area (Å²) in [6.45, 7) is 1.64. The molecule has 0 fully saturated rings. The first-order valence-corrected chi connectivity index (χ1v) is 11.0. The van der Waals surface area contributed by atoms with Crippen LogP contribution in [0.3, 0.4) is 0 Å². The largest absolute Gasteiger partial charge is 0.504 e. The van der Waals surface area contributed by atoms with Crippen LogP contribution in [0.4, 0.5) is 5.13 Å². The van der Waals surface area contributed by atoms with Crippen molar-refractivity contribution >= 4 is 39.3 Å². The highest BCUT2D eigenvalue weighted by atomic mass is 32.1. The number of rotatable bonds is 4. The number of aryl methyl sites for hydroxylation is 1. The monoisotopic (exact) mass is 478 g/mol. The van der Waals surface area contributed by atoms with Crippen LogP contribution in [0.2, 0.25) is 0 Å². The summed E-state index contributed by atoms with van der Waals surface area (Å²) in [6, 6.07) is 10.3. The summed E-state index contributed by atoms with van der Waals surface area (Å²) >= 11 is 0.981. The van der Waals surface area contributed by atoms with Crippen molar-refractivity contribution in [3.05, 3.63) is 80.1 Å². The summed E-state index contributed by atoms with van der Waals surface area (Å²) in [5.41, 5.74) is 0.961. The third-order valence-electron chi connectivity index (χ3n) is 5.66. The molecule has 0 aliphatic carbocycles. The number of thiazole rings is 1. The highest BCUT2D eigenvalue weighted by Gasteiger charge is 2.45. The molecule has 4 aromatic rings. The topological polar surface area (TPSA) is 119 Å². The summed E-state index contributed by atoms with van der Waals surface area (Å²) in [5, 5.41) is 10.6. The maximum atomic E-state index is 13.6. The molecular formula is C24H18N2O7S. The molecule has 0 saturated heterocycles. The summed E-state index contributed by atoms with van der Waals surface area (Å²) in [4.78, 5) is 45.4. The second-order valence-electron chi connectivity index (χ2n) is 7.58. The molecule has 0 radical (unpaired) electrons. The first kappa shape index (κ1) is 21.7. The minimum Gasteiger partial charge on any atom is -0.504 e. The molecule has 9 nitrogen and oxygen atoms in total. The number of nitrogens with zero attached hydrogens (tertiary/aromatic N) is 2. The molecule has 10 heteroatoms. The second-order valence-corrected chi connectivity index (χ2v) is 8.56. The van der Waals surface area contributed by atoms with Crippen molar-refractivity contribution in [1.29, 1.82) is 0 Å². The molecule has 1 aliphatic heterocycles. The van der Waals surface area contributed by atoms with Crippen molar-refractivity contribution in [2.75, 3.05) is 19.1 Å². The Balaban J connectivity index is 1.79. The van der Waals surface area contributed by atoms with Crippen LogP contribution in [0.25, 0.3) is 11.0 Å². The molecule has 3 heterocycles. The van der Waals surface area contributed by atoms with Crippen molar-refractivity contribution in [2.45, 2.75) is 13.0 Å². The number of benzene rings is 2. The van der Waals surface area contributed by atoms with E-state index < -0.39 is 17.9 Å². The van der Waals surface area contributed by atoms with Crippen LogP contribution in [0.5, 0.6) is 11.5 Å². The fourth-order valence-corrected chi connectivity index (χ4v) is 5.08. The molecule has 34 heavy (non-hydrogen) atoms. The van der Waals surface area contributed by atoms with Gasteiger partial charge in [0.2, 0.25) is 5.76 Å². The van der Waals surface area contributed by atoms with Gasteiger partial charge in [-0.3, -0.25) is 14.5 Å². The number of aromatic hydroxyl groups is 1. The maximum absolute atomic E-state index is 13.6. The number of fused-ring (bicyclic) bond motifs is 2. The van der Waals surface area contributed by atoms with Crippen LogP contribution in [0.1, 0.15) is 43.1 Å². The number of methoxy groups -OCH3 is 2. The van der Waals surface area contributed by atoms with E-state index in [4.69, 9.17) is 13.9 Å². The minimum absolute atomic E-state index is 0.0917. The van der Waals surface area contributed by atoms with E-state index >= 15 is 0 Å². The third kappa shape index (κ3) is 3.14. The van der Waals surface area contributed by atoms with Crippen LogP contribution in [0.15, 0.2) is 51.7 Å². The van der Waals surface area contributed by atoms with Gasteiger partial charge in [0.05, 0.1) is 36.9 Å². The third-order valence-corrected chi connectivity index (χ3v) is 6.80. The molecule has 2 aromatic carbocycles. The number of carbonyl (C=O) groups is 2. The Bertz CT molecular complexity index is 1540. The zero-order valence-corrected chi connectivity index (χ0v) is 19.1. The number of aromatic nitrogens is 1. The van der Waals surface area contributed by atoms with Gasteiger partial charge in [-0.25, -0.2) is 9.78 Å². The summed E-state index contributed by atoms with van der Waals surface area (Å²) in [6.07, 6.45) is 0. The number of hydrogen-bond acceptors (Lipinski definition) is 9. The molecule has 1 N–H and O–H groups in total. The highest BCUT2D eigenvalue weighted by molar-refractivity contribution is 7.17. The number of amides is 1. The van der Waals surface area contributed by atoms with E-state index in [1.807, 2.05) is 0 Å². The Kier molecular flexibility index (Phi) is 5.09. The lowest BCUT2D eigenvalue weighted by Gasteiger charge is -2.23. The quantitative estimate of drug-likeness (QED) is 0.440. The van der Waals surface area contributed by atoms with Crippen molar-refractivity contribution in [3.63, 3.8) is 0 Å². The SMILES string of the molecule is COC(=O)c1sc(N2C(=O)c3oc4ccccc4c(=O)c3C2c2ccc(O)c(OC)c2)nc1C. The molecule has 172 valence electrons. The van der Waals surface area contributed by atoms with Crippen molar-refractivity contribution in [1.82, 2.24) is 4.98 Å². The van der Waals surface area contributed by atoms with Gasteiger partial charge in [-0.15, -0.1) is 0 Å². The molecule has 2 aromatic heterocycles. The number of hydrogen-bond donors (Lipinski definition) is 1. The maximum Gasteiger partial charge on any atom is 0.350 e. The minimum atomic E-state index is -0.922. The molecule has 1 unspecified atom stereocenters. The fraction of sp³-hybridized carbons (Fsp3) is 0.167. The normalized spacial score (nSPS) is 15.0. The van der Waals surface area contributed by atoms with Gasteiger partial charge in [-0.05, 0) is 36.8 Å². The fourth-order valence-electron chi connectivity index (χ4n) is 4.06. The average Bonchev–Trinajstić information content (AvgIpc) is 3.36. The van der Waals surface area contributed by atoms with Gasteiger partial charge in [-0.1, -0.05) is 29.5 Å². The van der Waals surface area contributed by atoms with Crippen LogP contribution in [-0.4, -0.2) is 36.2 Å². The standard InChI is InChI=1S/C24H18N2O7S/c1-11-21(23(30)32-3)34-24(25-11)26-18(12-8-9-14(27)16(10-12)31-2)17-19(28)13-6-4-5-7-15(13)33-20(17)22(26)29/h4-10,18,27H,1-3H3. The van der Waals surface area contributed by atoms with Gasteiger partial charge in [0.15, 0.2) is 22.1 Å². The van der Waals surface area contributed by atoms with Crippen LogP contribution in [0, 0.1) is 6.92 Å². The van der Waals surface area contributed by atoms with E-state index in [9.17, 15) is 19.5 Å². The lowest BCUT2D eigenvalue weighted by Crippen LogP contribution is -2.29. The molecule has 1 atom stereocenters. The Morgan fingerprint density at radius 2 is 1.94 bits per heavy atom. The van der Waals surface area contributed by atoms with Gasteiger partial charge in [-0.2, -0.15) is 0 Å². The van der Waals surface area contributed by atoms with Gasteiger partial charge >= 0.3 is 5.97 Å². The van der Waals surface area contributed by atoms with E-state index in [0.29, 0.717) is 16.6 Å². The lowest BCUT2D eigenvalue weighted by molar-refractivity contribution is 0.0605. The molecule has 0 saturated carbocycles. The van der Waals surface area contributed by atoms with Gasteiger partial charge in [0.1, 0.15) is 10.5 Å². The molecule has 0 spiro atoms. The summed E-state index contributed by atoms with van der Waals surface area (Å²) < 4.78 is 16.0. The summed E-state index contributed by atoms with van der Waals surface area (Å²) in [5.74, 6) is -1.17. The molecular weight excluding hydrogens is 460 g/mol.